The van der Waals surface area contributed by atoms with Gasteiger partial charge >= 0.3 is 0 Å². The van der Waals surface area contributed by atoms with E-state index in [0.717, 1.165) is 12.8 Å². The zero-order chi connectivity index (χ0) is 18.0. The zero-order valence-corrected chi connectivity index (χ0v) is 15.0. The van der Waals surface area contributed by atoms with Crippen LogP contribution < -0.4 is 5.32 Å². The standard InChI is InChI=1S/C17H16Cl2N4O2/c1-23(16(25)12-3-7-21-14(19)9-12)10-17(4-5-17)22-15(24)11-2-6-20-13(18)8-11/h2-3,6-9H,4-5,10H2,1H3,(H,22,24). The maximum absolute atomic E-state index is 12.5. The van der Waals surface area contributed by atoms with E-state index in [0.29, 0.717) is 17.7 Å². The Labute approximate surface area is 155 Å². The van der Waals surface area contributed by atoms with Crippen molar-refractivity contribution < 1.29 is 9.59 Å². The van der Waals surface area contributed by atoms with Crippen molar-refractivity contribution in [2.75, 3.05) is 13.6 Å². The Bertz CT molecular complexity index is 824. The summed E-state index contributed by atoms with van der Waals surface area (Å²) in [5.74, 6) is -0.397. The number of rotatable bonds is 5. The molecule has 2 aromatic rings. The number of pyridine rings is 2. The molecule has 1 fully saturated rings. The predicted octanol–water partition coefficient (Wildman–Crippen LogP) is 2.82. The fraction of sp³-hybridized carbons (Fsp3) is 0.294. The maximum atomic E-state index is 12.5. The van der Waals surface area contributed by atoms with Crippen molar-refractivity contribution in [3.8, 4) is 0 Å². The SMILES string of the molecule is CN(CC1(NC(=O)c2ccnc(Cl)c2)CC1)C(=O)c1ccnc(Cl)c1. The van der Waals surface area contributed by atoms with Crippen molar-refractivity contribution in [1.29, 1.82) is 0 Å². The lowest BCUT2D eigenvalue weighted by molar-refractivity contribution is 0.0757. The van der Waals surface area contributed by atoms with Gasteiger partial charge < -0.3 is 10.2 Å². The highest BCUT2D eigenvalue weighted by Gasteiger charge is 2.45. The van der Waals surface area contributed by atoms with Gasteiger partial charge in [-0.15, -0.1) is 0 Å². The number of nitrogens with zero attached hydrogens (tertiary/aromatic N) is 3. The summed E-state index contributed by atoms with van der Waals surface area (Å²) in [6.45, 7) is 0.413. The molecular weight excluding hydrogens is 363 g/mol. The highest BCUT2D eigenvalue weighted by molar-refractivity contribution is 6.30. The van der Waals surface area contributed by atoms with Crippen LogP contribution in [0.2, 0.25) is 10.3 Å². The molecule has 1 aliphatic carbocycles. The van der Waals surface area contributed by atoms with Gasteiger partial charge in [0.1, 0.15) is 10.3 Å². The summed E-state index contributed by atoms with van der Waals surface area (Å²) >= 11 is 11.7. The molecule has 0 saturated heterocycles. The van der Waals surface area contributed by atoms with Crippen LogP contribution in [0, 0.1) is 0 Å². The first-order chi connectivity index (χ1) is 11.9. The summed E-state index contributed by atoms with van der Waals surface area (Å²) in [5.41, 5.74) is 0.500. The third-order valence-electron chi connectivity index (χ3n) is 4.08. The Kier molecular flexibility index (Phi) is 4.92. The monoisotopic (exact) mass is 378 g/mol. The van der Waals surface area contributed by atoms with Crippen LogP contribution in [-0.2, 0) is 0 Å². The van der Waals surface area contributed by atoms with Gasteiger partial charge in [0.25, 0.3) is 11.8 Å². The first-order valence-electron chi connectivity index (χ1n) is 7.70. The molecule has 0 spiro atoms. The number of hydrogen-bond acceptors (Lipinski definition) is 4. The van der Waals surface area contributed by atoms with Gasteiger partial charge in [0.2, 0.25) is 0 Å². The summed E-state index contributed by atoms with van der Waals surface area (Å²) in [5, 5.41) is 3.53. The zero-order valence-electron chi connectivity index (χ0n) is 13.5. The van der Waals surface area contributed by atoms with E-state index in [1.54, 1.807) is 24.1 Å². The first kappa shape index (κ1) is 17.6. The summed E-state index contributed by atoms with van der Waals surface area (Å²) in [7, 11) is 1.70. The molecule has 0 atom stereocenters. The molecule has 1 saturated carbocycles. The van der Waals surface area contributed by atoms with E-state index in [1.165, 1.54) is 24.5 Å². The van der Waals surface area contributed by atoms with Crippen molar-refractivity contribution in [2.24, 2.45) is 0 Å². The summed E-state index contributed by atoms with van der Waals surface area (Å²) in [6, 6.07) is 6.26. The van der Waals surface area contributed by atoms with E-state index >= 15 is 0 Å². The minimum Gasteiger partial charge on any atom is -0.345 e. The van der Waals surface area contributed by atoms with Crippen LogP contribution in [0.4, 0.5) is 0 Å². The van der Waals surface area contributed by atoms with Crippen LogP contribution in [0.15, 0.2) is 36.7 Å². The summed E-state index contributed by atoms with van der Waals surface area (Å²) < 4.78 is 0. The molecule has 0 radical (unpaired) electrons. The van der Waals surface area contributed by atoms with Crippen molar-refractivity contribution in [3.63, 3.8) is 0 Å². The van der Waals surface area contributed by atoms with Crippen LogP contribution in [0.5, 0.6) is 0 Å². The Hall–Kier alpha value is -2.18. The van der Waals surface area contributed by atoms with Crippen LogP contribution in [-0.4, -0.2) is 45.8 Å². The summed E-state index contributed by atoms with van der Waals surface area (Å²) in [6.07, 6.45) is 4.60. The Morgan fingerprint density at radius 3 is 2.24 bits per heavy atom. The molecule has 0 aliphatic heterocycles. The van der Waals surface area contributed by atoms with Gasteiger partial charge in [-0.2, -0.15) is 0 Å². The smallest absolute Gasteiger partial charge is 0.253 e. The largest absolute Gasteiger partial charge is 0.345 e. The Balaban J connectivity index is 1.65. The minimum atomic E-state index is -0.409. The van der Waals surface area contributed by atoms with Crippen molar-refractivity contribution >= 4 is 35.0 Å². The van der Waals surface area contributed by atoms with Crippen LogP contribution in [0.25, 0.3) is 0 Å². The molecule has 0 bridgehead atoms. The van der Waals surface area contributed by atoms with Gasteiger partial charge in [-0.3, -0.25) is 9.59 Å². The number of aromatic nitrogens is 2. The average molecular weight is 379 g/mol. The number of likely N-dealkylation sites (N-methyl/N-ethyl adjacent to an activating group) is 1. The molecule has 0 aromatic carbocycles. The third-order valence-corrected chi connectivity index (χ3v) is 4.49. The van der Waals surface area contributed by atoms with Gasteiger partial charge in [0.05, 0.1) is 5.54 Å². The molecule has 1 aliphatic rings. The molecule has 2 amide bonds. The molecule has 2 aromatic heterocycles. The predicted molar refractivity (Wildman–Crippen MR) is 94.9 cm³/mol. The van der Waals surface area contributed by atoms with Gasteiger partial charge in [-0.05, 0) is 37.1 Å². The second kappa shape index (κ2) is 6.98. The van der Waals surface area contributed by atoms with Crippen LogP contribution in [0.3, 0.4) is 0 Å². The fourth-order valence-corrected chi connectivity index (χ4v) is 2.96. The highest BCUT2D eigenvalue weighted by Crippen LogP contribution is 2.36. The minimum absolute atomic E-state index is 0.170. The number of carbonyl (C=O) groups is 2. The van der Waals surface area contributed by atoms with Gasteiger partial charge in [-0.25, -0.2) is 9.97 Å². The average Bonchev–Trinajstić information content (AvgIpc) is 3.33. The molecule has 6 nitrogen and oxygen atoms in total. The van der Waals surface area contributed by atoms with E-state index < -0.39 is 5.54 Å². The number of hydrogen-bond donors (Lipinski definition) is 1. The van der Waals surface area contributed by atoms with E-state index in [2.05, 4.69) is 15.3 Å². The Morgan fingerprint density at radius 1 is 1.12 bits per heavy atom. The molecule has 3 rings (SSSR count). The molecule has 130 valence electrons. The molecule has 2 heterocycles. The fourth-order valence-electron chi connectivity index (χ4n) is 2.61. The van der Waals surface area contributed by atoms with Gasteiger partial charge in [0, 0.05) is 37.1 Å². The lowest BCUT2D eigenvalue weighted by Gasteiger charge is -2.25. The number of halogens is 2. The van der Waals surface area contributed by atoms with E-state index in [1.807, 2.05) is 0 Å². The quantitative estimate of drug-likeness (QED) is 0.811. The second-order valence-corrected chi connectivity index (χ2v) is 6.90. The van der Waals surface area contributed by atoms with Crippen molar-refractivity contribution in [1.82, 2.24) is 20.2 Å². The number of amides is 2. The van der Waals surface area contributed by atoms with E-state index in [9.17, 15) is 9.59 Å². The lowest BCUT2D eigenvalue weighted by atomic mass is 10.1. The second-order valence-electron chi connectivity index (χ2n) is 6.13. The van der Waals surface area contributed by atoms with E-state index in [-0.39, 0.29) is 22.1 Å². The topological polar surface area (TPSA) is 75.2 Å². The molecule has 8 heteroatoms. The Morgan fingerprint density at radius 2 is 1.68 bits per heavy atom. The highest BCUT2D eigenvalue weighted by atomic mass is 35.5. The maximum Gasteiger partial charge on any atom is 0.253 e. The third kappa shape index (κ3) is 4.27. The molecule has 25 heavy (non-hydrogen) atoms. The van der Waals surface area contributed by atoms with Crippen LogP contribution in [0.1, 0.15) is 33.6 Å². The van der Waals surface area contributed by atoms with Gasteiger partial charge in [0.15, 0.2) is 0 Å². The molecule has 0 unspecified atom stereocenters. The van der Waals surface area contributed by atoms with Gasteiger partial charge in [-0.1, -0.05) is 23.2 Å². The lowest BCUT2D eigenvalue weighted by Crippen LogP contribution is -2.46. The van der Waals surface area contributed by atoms with E-state index in [4.69, 9.17) is 23.2 Å². The molecule has 1 N–H and O–H groups in total. The first-order valence-corrected chi connectivity index (χ1v) is 8.45. The summed E-state index contributed by atoms with van der Waals surface area (Å²) in [4.78, 5) is 34.2. The number of carbonyl (C=O) groups excluding carboxylic acids is 2. The van der Waals surface area contributed by atoms with Crippen molar-refractivity contribution in [3.05, 3.63) is 58.1 Å². The van der Waals surface area contributed by atoms with Crippen molar-refractivity contribution in [2.45, 2.75) is 18.4 Å². The molecular formula is C17H16Cl2N4O2. The number of nitrogens with one attached hydrogen (secondary N) is 1. The van der Waals surface area contributed by atoms with Crippen LogP contribution >= 0.6 is 23.2 Å². The normalized spacial score (nSPS) is 14.7.